The number of aryl methyl sites for hydroxylation is 3. The molecule has 0 fully saturated rings. The van der Waals surface area contributed by atoms with Gasteiger partial charge in [-0.25, -0.2) is 0 Å². The first-order valence-electron chi connectivity index (χ1n) is 13.0. The Labute approximate surface area is 192 Å². The Hall–Kier alpha value is -1.60. The number of benzene rings is 2. The van der Waals surface area contributed by atoms with Gasteiger partial charge in [0.25, 0.3) is 0 Å². The molecule has 2 aromatic rings. The monoisotopic (exact) mass is 422 g/mol. The highest BCUT2D eigenvalue weighted by Crippen LogP contribution is 2.27. The number of hydrogen-bond acceptors (Lipinski definition) is 1. The van der Waals surface area contributed by atoms with E-state index in [9.17, 15) is 0 Å². The van der Waals surface area contributed by atoms with Crippen LogP contribution in [0.25, 0.3) is 11.1 Å². The molecule has 0 aliphatic rings. The van der Waals surface area contributed by atoms with Gasteiger partial charge in [-0.1, -0.05) is 108 Å². The van der Waals surface area contributed by atoms with E-state index in [0.717, 1.165) is 38.0 Å². The van der Waals surface area contributed by atoms with E-state index in [-0.39, 0.29) is 0 Å². The lowest BCUT2D eigenvalue weighted by Gasteiger charge is -2.15. The number of aliphatic hydroxyl groups excluding tert-OH is 1. The highest BCUT2D eigenvalue weighted by atomic mass is 16.2. The van der Waals surface area contributed by atoms with E-state index in [1.54, 1.807) is 0 Å². The minimum atomic E-state index is 0.313. The fraction of sp³-hybridized carbons (Fsp3) is 0.600. The molecule has 0 bridgehead atoms. The largest absolute Gasteiger partial charge is 0.396 e. The lowest BCUT2D eigenvalue weighted by molar-refractivity contribution is 0.283. The van der Waals surface area contributed by atoms with Gasteiger partial charge in [0.1, 0.15) is 0 Å². The number of unbranched alkanes of at least 4 members (excludes halogenated alkanes) is 3. The fourth-order valence-electron chi connectivity index (χ4n) is 4.77. The van der Waals surface area contributed by atoms with E-state index in [2.05, 4.69) is 63.2 Å². The second-order valence-electron chi connectivity index (χ2n) is 9.27. The van der Waals surface area contributed by atoms with Crippen molar-refractivity contribution in [3.8, 4) is 11.1 Å². The summed E-state index contributed by atoms with van der Waals surface area (Å²) in [5.41, 5.74) is 7.09. The van der Waals surface area contributed by atoms with Gasteiger partial charge in [0, 0.05) is 6.61 Å². The van der Waals surface area contributed by atoms with Gasteiger partial charge in [-0.3, -0.25) is 0 Å². The van der Waals surface area contributed by atoms with E-state index >= 15 is 0 Å². The third kappa shape index (κ3) is 9.19. The summed E-state index contributed by atoms with van der Waals surface area (Å²) >= 11 is 0. The average Bonchev–Trinajstić information content (AvgIpc) is 2.80. The molecule has 0 aromatic heterocycles. The van der Waals surface area contributed by atoms with Gasteiger partial charge in [0.05, 0.1) is 0 Å². The second-order valence-corrected chi connectivity index (χ2v) is 9.27. The van der Waals surface area contributed by atoms with Gasteiger partial charge in [0.15, 0.2) is 0 Å². The number of aliphatic hydroxyl groups is 1. The Balaban J connectivity index is 1.93. The predicted molar refractivity (Wildman–Crippen MR) is 137 cm³/mol. The van der Waals surface area contributed by atoms with Crippen molar-refractivity contribution in [3.05, 3.63) is 59.2 Å². The molecular formula is C30H46O. The summed E-state index contributed by atoms with van der Waals surface area (Å²) in [6.45, 7) is 7.20. The molecule has 0 spiro atoms. The van der Waals surface area contributed by atoms with Crippen molar-refractivity contribution >= 4 is 0 Å². The fourth-order valence-corrected chi connectivity index (χ4v) is 4.77. The third-order valence-electron chi connectivity index (χ3n) is 6.68. The summed E-state index contributed by atoms with van der Waals surface area (Å²) in [7, 11) is 0. The average molecular weight is 423 g/mol. The first kappa shape index (κ1) is 25.7. The van der Waals surface area contributed by atoms with Crippen LogP contribution in [0, 0.1) is 5.92 Å². The summed E-state index contributed by atoms with van der Waals surface area (Å²) in [6.07, 6.45) is 16.1. The van der Waals surface area contributed by atoms with Gasteiger partial charge < -0.3 is 5.11 Å². The molecule has 0 radical (unpaired) electrons. The molecule has 0 aliphatic carbocycles. The zero-order valence-corrected chi connectivity index (χ0v) is 20.5. The summed E-state index contributed by atoms with van der Waals surface area (Å²) in [5.74, 6) is 0.929. The molecule has 2 aromatic carbocycles. The van der Waals surface area contributed by atoms with E-state index < -0.39 is 0 Å². The van der Waals surface area contributed by atoms with Gasteiger partial charge in [0.2, 0.25) is 0 Å². The molecule has 1 N–H and O–H groups in total. The summed E-state index contributed by atoms with van der Waals surface area (Å²) < 4.78 is 0. The minimum absolute atomic E-state index is 0.313. The molecule has 1 atom stereocenters. The van der Waals surface area contributed by atoms with Crippen LogP contribution in [0.2, 0.25) is 0 Å². The molecule has 0 saturated carbocycles. The van der Waals surface area contributed by atoms with Crippen molar-refractivity contribution < 1.29 is 5.11 Å². The van der Waals surface area contributed by atoms with Crippen LogP contribution in [0.5, 0.6) is 0 Å². The maximum absolute atomic E-state index is 8.95. The Morgan fingerprint density at radius 3 is 2.06 bits per heavy atom. The van der Waals surface area contributed by atoms with Gasteiger partial charge in [-0.15, -0.1) is 0 Å². The Kier molecular flexibility index (Phi) is 12.6. The van der Waals surface area contributed by atoms with Crippen LogP contribution in [-0.2, 0) is 19.3 Å². The number of hydrogen-bond donors (Lipinski definition) is 1. The van der Waals surface area contributed by atoms with Crippen molar-refractivity contribution in [2.45, 2.75) is 104 Å². The molecule has 0 saturated heterocycles. The highest BCUT2D eigenvalue weighted by Gasteiger charge is 2.09. The molecule has 1 heteroatoms. The van der Waals surface area contributed by atoms with Crippen LogP contribution in [-0.4, -0.2) is 11.7 Å². The van der Waals surface area contributed by atoms with Gasteiger partial charge in [-0.2, -0.15) is 0 Å². The molecular weight excluding hydrogens is 376 g/mol. The van der Waals surface area contributed by atoms with Crippen molar-refractivity contribution in [1.29, 1.82) is 0 Å². The maximum Gasteiger partial charge on any atom is 0.0431 e. The van der Waals surface area contributed by atoms with E-state index in [1.165, 1.54) is 79.2 Å². The summed E-state index contributed by atoms with van der Waals surface area (Å²) in [6, 6.07) is 16.4. The molecule has 1 nitrogen and oxygen atoms in total. The second kappa shape index (κ2) is 15.2. The van der Waals surface area contributed by atoms with Crippen LogP contribution in [0.4, 0.5) is 0 Å². The predicted octanol–water partition coefficient (Wildman–Crippen LogP) is 8.55. The molecule has 0 aliphatic heterocycles. The lowest BCUT2D eigenvalue weighted by atomic mass is 9.90. The molecule has 31 heavy (non-hydrogen) atoms. The normalized spacial score (nSPS) is 12.3. The third-order valence-corrected chi connectivity index (χ3v) is 6.68. The zero-order valence-electron chi connectivity index (χ0n) is 20.5. The van der Waals surface area contributed by atoms with E-state index in [1.807, 2.05) is 0 Å². The minimum Gasteiger partial charge on any atom is -0.396 e. The van der Waals surface area contributed by atoms with Crippen LogP contribution >= 0.6 is 0 Å². The first-order valence-corrected chi connectivity index (χ1v) is 13.0. The van der Waals surface area contributed by atoms with Crippen molar-refractivity contribution in [2.75, 3.05) is 6.61 Å². The summed E-state index contributed by atoms with van der Waals surface area (Å²) in [4.78, 5) is 0. The Bertz CT molecular complexity index is 716. The Morgan fingerprint density at radius 2 is 1.39 bits per heavy atom. The highest BCUT2D eigenvalue weighted by molar-refractivity contribution is 5.68. The van der Waals surface area contributed by atoms with Crippen molar-refractivity contribution in [2.24, 2.45) is 5.92 Å². The number of rotatable bonds is 16. The molecule has 1 unspecified atom stereocenters. The topological polar surface area (TPSA) is 20.2 Å². The maximum atomic E-state index is 8.95. The van der Waals surface area contributed by atoms with Crippen LogP contribution in [0.3, 0.4) is 0 Å². The first-order chi connectivity index (χ1) is 15.2. The van der Waals surface area contributed by atoms with Crippen LogP contribution < -0.4 is 0 Å². The van der Waals surface area contributed by atoms with E-state index in [4.69, 9.17) is 5.11 Å². The van der Waals surface area contributed by atoms with E-state index in [0.29, 0.717) is 6.61 Å². The van der Waals surface area contributed by atoms with Crippen molar-refractivity contribution in [1.82, 2.24) is 0 Å². The molecule has 172 valence electrons. The van der Waals surface area contributed by atoms with Crippen LogP contribution in [0.1, 0.15) is 102 Å². The SMILES string of the molecule is CCCCC(CCC)CCCc1ccc(-c2ccc(CCCCCO)cc2CC)cc1. The quantitative estimate of drug-likeness (QED) is 0.269. The Morgan fingerprint density at radius 1 is 0.677 bits per heavy atom. The molecule has 0 heterocycles. The lowest BCUT2D eigenvalue weighted by Crippen LogP contribution is -2.01. The zero-order chi connectivity index (χ0) is 22.3. The summed E-state index contributed by atoms with van der Waals surface area (Å²) in [5, 5.41) is 8.95. The smallest absolute Gasteiger partial charge is 0.0431 e. The van der Waals surface area contributed by atoms with Crippen molar-refractivity contribution in [3.63, 3.8) is 0 Å². The molecule has 2 rings (SSSR count). The van der Waals surface area contributed by atoms with Gasteiger partial charge >= 0.3 is 0 Å². The molecule has 0 amide bonds. The van der Waals surface area contributed by atoms with Crippen LogP contribution in [0.15, 0.2) is 42.5 Å². The standard InChI is InChI=1S/C30H46O/c1-4-7-13-25(12-5-2)15-11-16-26-17-20-29(21-18-26)30-22-19-27(24-28(30)6-3)14-9-8-10-23-31/h17-22,24-25,31H,4-16,23H2,1-3H3. The van der Waals surface area contributed by atoms with Gasteiger partial charge in [-0.05, 0) is 72.3 Å².